The standard InChI is InChI=1S/C12H15Cl2NS2/c13-10-1-2-11(14)12(5-10)17-4-3-16-8-9-6-15-7-9/h1-2,5,9,15H,3-4,6-8H2. The summed E-state index contributed by atoms with van der Waals surface area (Å²) in [6, 6.07) is 5.63. The first-order valence-corrected chi connectivity index (χ1v) is 8.51. The first-order valence-electron chi connectivity index (χ1n) is 5.62. The lowest BCUT2D eigenvalue weighted by atomic mass is 10.1. The minimum Gasteiger partial charge on any atom is -0.316 e. The Morgan fingerprint density at radius 1 is 1.24 bits per heavy atom. The lowest BCUT2D eigenvalue weighted by Crippen LogP contribution is -2.43. The van der Waals surface area contributed by atoms with Gasteiger partial charge in [0.15, 0.2) is 0 Å². The molecule has 1 heterocycles. The highest BCUT2D eigenvalue weighted by Crippen LogP contribution is 2.30. The Balaban J connectivity index is 1.65. The molecule has 0 atom stereocenters. The van der Waals surface area contributed by atoms with E-state index < -0.39 is 0 Å². The van der Waals surface area contributed by atoms with Crippen LogP contribution in [0.4, 0.5) is 0 Å². The number of thioether (sulfide) groups is 2. The van der Waals surface area contributed by atoms with E-state index in [1.165, 1.54) is 24.6 Å². The Labute approximate surface area is 121 Å². The van der Waals surface area contributed by atoms with Crippen LogP contribution in [-0.2, 0) is 0 Å². The van der Waals surface area contributed by atoms with Gasteiger partial charge in [-0.05, 0) is 43.0 Å². The second-order valence-corrected chi connectivity index (χ2v) is 7.15. The van der Waals surface area contributed by atoms with Crippen molar-refractivity contribution in [1.29, 1.82) is 0 Å². The zero-order valence-corrected chi connectivity index (χ0v) is 12.6. The van der Waals surface area contributed by atoms with Crippen molar-refractivity contribution in [2.75, 3.05) is 30.3 Å². The van der Waals surface area contributed by atoms with Gasteiger partial charge in [0.05, 0.1) is 5.02 Å². The molecule has 0 spiro atoms. The lowest BCUT2D eigenvalue weighted by molar-refractivity contribution is 0.385. The second kappa shape index (κ2) is 7.15. The summed E-state index contributed by atoms with van der Waals surface area (Å²) in [4.78, 5) is 1.09. The number of hydrogen-bond donors (Lipinski definition) is 1. The molecule has 1 aliphatic rings. The Kier molecular flexibility index (Phi) is 5.84. The maximum Gasteiger partial charge on any atom is 0.0542 e. The molecule has 0 radical (unpaired) electrons. The maximum atomic E-state index is 6.10. The third-order valence-electron chi connectivity index (χ3n) is 2.60. The molecule has 0 unspecified atom stereocenters. The Morgan fingerprint density at radius 3 is 2.76 bits per heavy atom. The monoisotopic (exact) mass is 307 g/mol. The zero-order valence-electron chi connectivity index (χ0n) is 9.42. The molecular weight excluding hydrogens is 293 g/mol. The molecule has 1 nitrogen and oxygen atoms in total. The largest absolute Gasteiger partial charge is 0.316 e. The van der Waals surface area contributed by atoms with Gasteiger partial charge in [-0.1, -0.05) is 23.2 Å². The van der Waals surface area contributed by atoms with E-state index >= 15 is 0 Å². The molecule has 0 amide bonds. The average molecular weight is 308 g/mol. The SMILES string of the molecule is Clc1ccc(Cl)c(SCCSCC2CNC2)c1. The predicted molar refractivity (Wildman–Crippen MR) is 80.9 cm³/mol. The van der Waals surface area contributed by atoms with E-state index in [1.807, 2.05) is 30.0 Å². The molecule has 1 saturated heterocycles. The van der Waals surface area contributed by atoms with Crippen LogP contribution in [-0.4, -0.2) is 30.3 Å². The van der Waals surface area contributed by atoms with Gasteiger partial charge in [0.25, 0.3) is 0 Å². The summed E-state index contributed by atoms with van der Waals surface area (Å²) in [6.45, 7) is 2.39. The highest BCUT2D eigenvalue weighted by atomic mass is 35.5. The summed E-state index contributed by atoms with van der Waals surface area (Å²) in [6.07, 6.45) is 0. The van der Waals surface area contributed by atoms with Crippen molar-refractivity contribution in [3.05, 3.63) is 28.2 Å². The summed E-state index contributed by atoms with van der Waals surface area (Å²) in [5.41, 5.74) is 0. The molecule has 1 aliphatic heterocycles. The van der Waals surface area contributed by atoms with Gasteiger partial charge in [0, 0.05) is 21.4 Å². The first kappa shape index (κ1) is 13.9. The van der Waals surface area contributed by atoms with E-state index in [-0.39, 0.29) is 0 Å². The van der Waals surface area contributed by atoms with Gasteiger partial charge in [-0.2, -0.15) is 11.8 Å². The van der Waals surface area contributed by atoms with Crippen LogP contribution in [0.1, 0.15) is 0 Å². The molecule has 0 bridgehead atoms. The van der Waals surface area contributed by atoms with Gasteiger partial charge in [0.2, 0.25) is 0 Å². The minimum atomic E-state index is 0.755. The van der Waals surface area contributed by atoms with Crippen molar-refractivity contribution < 1.29 is 0 Å². The topological polar surface area (TPSA) is 12.0 Å². The van der Waals surface area contributed by atoms with Gasteiger partial charge in [-0.15, -0.1) is 11.8 Å². The van der Waals surface area contributed by atoms with E-state index in [4.69, 9.17) is 23.2 Å². The summed E-state index contributed by atoms with van der Waals surface area (Å²) in [7, 11) is 0. The molecule has 94 valence electrons. The smallest absolute Gasteiger partial charge is 0.0542 e. The number of hydrogen-bond acceptors (Lipinski definition) is 3. The van der Waals surface area contributed by atoms with Gasteiger partial charge in [-0.3, -0.25) is 0 Å². The average Bonchev–Trinajstić information content (AvgIpc) is 2.25. The van der Waals surface area contributed by atoms with E-state index in [0.29, 0.717) is 0 Å². The van der Waals surface area contributed by atoms with Gasteiger partial charge in [-0.25, -0.2) is 0 Å². The predicted octanol–water partition coefficient (Wildman–Crippen LogP) is 4.04. The van der Waals surface area contributed by atoms with Crippen molar-refractivity contribution >= 4 is 46.7 Å². The van der Waals surface area contributed by atoms with Crippen LogP contribution in [0, 0.1) is 5.92 Å². The Morgan fingerprint density at radius 2 is 2.06 bits per heavy atom. The molecule has 5 heteroatoms. The van der Waals surface area contributed by atoms with Crippen LogP contribution < -0.4 is 5.32 Å². The molecule has 0 saturated carbocycles. The fourth-order valence-electron chi connectivity index (χ4n) is 1.51. The molecule has 1 aromatic rings. The fourth-order valence-corrected chi connectivity index (χ4v) is 4.21. The third-order valence-corrected chi connectivity index (χ3v) is 5.79. The third kappa shape index (κ3) is 4.56. The molecule has 0 aromatic heterocycles. The fraction of sp³-hybridized carbons (Fsp3) is 0.500. The van der Waals surface area contributed by atoms with Crippen LogP contribution >= 0.6 is 46.7 Å². The van der Waals surface area contributed by atoms with Crippen molar-refractivity contribution in [1.82, 2.24) is 5.32 Å². The molecule has 2 rings (SSSR count). The normalized spacial score (nSPS) is 15.9. The van der Waals surface area contributed by atoms with E-state index in [9.17, 15) is 0 Å². The van der Waals surface area contributed by atoms with E-state index in [1.54, 1.807) is 11.8 Å². The number of nitrogens with one attached hydrogen (secondary N) is 1. The summed E-state index contributed by atoms with van der Waals surface area (Å²) in [5.74, 6) is 4.42. The van der Waals surface area contributed by atoms with Crippen molar-refractivity contribution in [2.24, 2.45) is 5.92 Å². The van der Waals surface area contributed by atoms with Gasteiger partial charge in [0.1, 0.15) is 0 Å². The van der Waals surface area contributed by atoms with Crippen LogP contribution in [0.15, 0.2) is 23.1 Å². The highest BCUT2D eigenvalue weighted by Gasteiger charge is 2.15. The summed E-state index contributed by atoms with van der Waals surface area (Å²) < 4.78 is 0. The minimum absolute atomic E-state index is 0.755. The zero-order chi connectivity index (χ0) is 12.1. The quantitative estimate of drug-likeness (QED) is 0.629. The number of benzene rings is 1. The van der Waals surface area contributed by atoms with Crippen LogP contribution in [0.5, 0.6) is 0 Å². The maximum absolute atomic E-state index is 6.10. The number of rotatable bonds is 6. The Hall–Kier alpha value is 0.460. The summed E-state index contributed by atoms with van der Waals surface area (Å²) >= 11 is 15.9. The molecular formula is C12H15Cl2NS2. The van der Waals surface area contributed by atoms with Crippen molar-refractivity contribution in [3.63, 3.8) is 0 Å². The molecule has 17 heavy (non-hydrogen) atoms. The molecule has 0 aliphatic carbocycles. The Bertz CT molecular complexity index is 370. The van der Waals surface area contributed by atoms with Crippen LogP contribution in [0.3, 0.4) is 0 Å². The second-order valence-electron chi connectivity index (χ2n) is 4.02. The van der Waals surface area contributed by atoms with Gasteiger partial charge >= 0.3 is 0 Å². The molecule has 1 aromatic carbocycles. The van der Waals surface area contributed by atoms with Gasteiger partial charge < -0.3 is 5.32 Å². The summed E-state index contributed by atoms with van der Waals surface area (Å²) in [5, 5.41) is 4.84. The first-order chi connectivity index (χ1) is 8.25. The van der Waals surface area contributed by atoms with Crippen molar-refractivity contribution in [3.8, 4) is 0 Å². The number of halogens is 2. The van der Waals surface area contributed by atoms with Crippen LogP contribution in [0.2, 0.25) is 10.0 Å². The highest BCUT2D eigenvalue weighted by molar-refractivity contribution is 8.03. The van der Waals surface area contributed by atoms with E-state index in [0.717, 1.165) is 26.6 Å². The lowest BCUT2D eigenvalue weighted by Gasteiger charge is -2.26. The molecule has 1 fully saturated rings. The van der Waals surface area contributed by atoms with E-state index in [2.05, 4.69) is 5.32 Å². The van der Waals surface area contributed by atoms with Crippen LogP contribution in [0.25, 0.3) is 0 Å². The van der Waals surface area contributed by atoms with Crippen molar-refractivity contribution in [2.45, 2.75) is 4.90 Å². The molecule has 1 N–H and O–H groups in total.